The first-order valence-electron chi connectivity index (χ1n) is 9.60. The van der Waals surface area contributed by atoms with Gasteiger partial charge in [0.2, 0.25) is 0 Å². The Morgan fingerprint density at radius 3 is 2.46 bits per heavy atom. The molecule has 2 bridgehead atoms. The number of amides is 1. The van der Waals surface area contributed by atoms with Crippen molar-refractivity contribution in [2.24, 2.45) is 0 Å². The lowest BCUT2D eigenvalue weighted by atomic mass is 10.1. The molecule has 0 radical (unpaired) electrons. The van der Waals surface area contributed by atoms with Crippen molar-refractivity contribution in [3.8, 4) is 11.5 Å². The molecule has 1 aromatic carbocycles. The summed E-state index contributed by atoms with van der Waals surface area (Å²) in [6, 6.07) is 8.02. The van der Waals surface area contributed by atoms with Crippen LogP contribution in [0.15, 0.2) is 30.5 Å². The average Bonchev–Trinajstić information content (AvgIpc) is 3.33. The van der Waals surface area contributed by atoms with Gasteiger partial charge < -0.3 is 14.4 Å². The van der Waals surface area contributed by atoms with Gasteiger partial charge in [0.25, 0.3) is 5.91 Å². The second-order valence-electron chi connectivity index (χ2n) is 7.48. The van der Waals surface area contributed by atoms with Crippen molar-refractivity contribution in [2.45, 2.75) is 38.4 Å². The molecule has 0 saturated carbocycles. The number of likely N-dealkylation sites (tertiary alicyclic amines) is 2. The van der Waals surface area contributed by atoms with Crippen LogP contribution < -0.4 is 9.47 Å². The number of benzene rings is 1. The predicted octanol–water partition coefficient (Wildman–Crippen LogP) is 2.46. The highest BCUT2D eigenvalue weighted by atomic mass is 16.5. The van der Waals surface area contributed by atoms with Crippen LogP contribution in [0.3, 0.4) is 0 Å². The Kier molecular flexibility index (Phi) is 4.93. The molecule has 2 aromatic rings. The summed E-state index contributed by atoms with van der Waals surface area (Å²) in [5.41, 5.74) is 1.56. The fourth-order valence-electron chi connectivity index (χ4n) is 4.34. The van der Waals surface area contributed by atoms with Gasteiger partial charge in [0.1, 0.15) is 11.6 Å². The zero-order valence-electron chi connectivity index (χ0n) is 16.8. The van der Waals surface area contributed by atoms with E-state index in [0.29, 0.717) is 17.4 Å². The van der Waals surface area contributed by atoms with Gasteiger partial charge in [-0.3, -0.25) is 9.69 Å². The molecule has 7 heteroatoms. The highest BCUT2D eigenvalue weighted by Gasteiger charge is 2.47. The fourth-order valence-corrected chi connectivity index (χ4v) is 4.34. The Hall–Kier alpha value is -2.67. The molecule has 3 heterocycles. The molecular weight excluding hydrogens is 356 g/mol. The molecule has 2 fully saturated rings. The standard InChI is InChI=1S/C21H26N4O3/c1-13-19(28-4)10-22-20(23-13)14(2)24-11-17-9-16(24)12-25(17)21(26)15-5-7-18(27-3)8-6-15/h5-8,10,14,16-17H,9,11-12H2,1-4H3/t14-,16-,17-/m0/s1. The Balaban J connectivity index is 1.44. The molecule has 2 saturated heterocycles. The first kappa shape index (κ1) is 18.7. The molecule has 148 valence electrons. The normalized spacial score (nSPS) is 22.4. The molecule has 3 atom stereocenters. The molecule has 0 N–H and O–H groups in total. The Bertz CT molecular complexity index is 870. The minimum atomic E-state index is 0.0963. The predicted molar refractivity (Wildman–Crippen MR) is 105 cm³/mol. The number of piperazine rings is 1. The number of methoxy groups -OCH3 is 2. The highest BCUT2D eigenvalue weighted by Crippen LogP contribution is 2.37. The highest BCUT2D eigenvalue weighted by molar-refractivity contribution is 5.95. The van der Waals surface area contributed by atoms with Gasteiger partial charge in [-0.15, -0.1) is 0 Å². The Morgan fingerprint density at radius 2 is 1.89 bits per heavy atom. The van der Waals surface area contributed by atoms with Crippen molar-refractivity contribution in [1.82, 2.24) is 19.8 Å². The second-order valence-corrected chi connectivity index (χ2v) is 7.48. The topological polar surface area (TPSA) is 67.8 Å². The van der Waals surface area contributed by atoms with Crippen LogP contribution in [0.5, 0.6) is 11.5 Å². The maximum Gasteiger partial charge on any atom is 0.254 e. The maximum atomic E-state index is 12.9. The van der Waals surface area contributed by atoms with E-state index in [0.717, 1.165) is 36.8 Å². The Labute approximate surface area is 165 Å². The first-order chi connectivity index (χ1) is 13.5. The number of aromatic nitrogens is 2. The Morgan fingerprint density at radius 1 is 1.14 bits per heavy atom. The van der Waals surface area contributed by atoms with E-state index < -0.39 is 0 Å². The van der Waals surface area contributed by atoms with Gasteiger partial charge in [0.15, 0.2) is 5.75 Å². The minimum Gasteiger partial charge on any atom is -0.497 e. The summed E-state index contributed by atoms with van der Waals surface area (Å²) in [5.74, 6) is 2.36. The van der Waals surface area contributed by atoms with E-state index in [1.54, 1.807) is 20.4 Å². The third-order valence-corrected chi connectivity index (χ3v) is 5.92. The van der Waals surface area contributed by atoms with E-state index in [1.165, 1.54) is 0 Å². The lowest BCUT2D eigenvalue weighted by molar-refractivity contribution is 0.0562. The van der Waals surface area contributed by atoms with E-state index in [-0.39, 0.29) is 18.0 Å². The lowest BCUT2D eigenvalue weighted by Crippen LogP contribution is -2.49. The number of hydrogen-bond donors (Lipinski definition) is 0. The van der Waals surface area contributed by atoms with Crippen LogP contribution in [0.25, 0.3) is 0 Å². The summed E-state index contributed by atoms with van der Waals surface area (Å²) in [4.78, 5) is 26.5. The van der Waals surface area contributed by atoms with Crippen LogP contribution in [0.1, 0.15) is 41.3 Å². The zero-order chi connectivity index (χ0) is 19.8. The largest absolute Gasteiger partial charge is 0.497 e. The van der Waals surface area contributed by atoms with Crippen LogP contribution in [-0.4, -0.2) is 65.1 Å². The molecule has 0 aliphatic carbocycles. The quantitative estimate of drug-likeness (QED) is 0.791. The molecule has 2 aliphatic heterocycles. The van der Waals surface area contributed by atoms with Gasteiger partial charge in [-0.2, -0.15) is 0 Å². The third kappa shape index (κ3) is 3.20. The molecule has 7 nitrogen and oxygen atoms in total. The van der Waals surface area contributed by atoms with Crippen molar-refractivity contribution >= 4 is 5.91 Å². The number of nitrogens with zero attached hydrogens (tertiary/aromatic N) is 4. The van der Waals surface area contributed by atoms with Crippen molar-refractivity contribution in [3.05, 3.63) is 47.5 Å². The van der Waals surface area contributed by atoms with Crippen molar-refractivity contribution in [3.63, 3.8) is 0 Å². The number of ether oxygens (including phenoxy) is 2. The van der Waals surface area contributed by atoms with Gasteiger partial charge in [-0.1, -0.05) is 0 Å². The number of rotatable bonds is 5. The number of hydrogen-bond acceptors (Lipinski definition) is 6. The molecular formula is C21H26N4O3. The summed E-state index contributed by atoms with van der Waals surface area (Å²) in [6.45, 7) is 5.66. The van der Waals surface area contributed by atoms with Crippen LogP contribution in [0.4, 0.5) is 0 Å². The maximum absolute atomic E-state index is 12.9. The summed E-state index contributed by atoms with van der Waals surface area (Å²) < 4.78 is 10.4. The van der Waals surface area contributed by atoms with Gasteiger partial charge in [-0.25, -0.2) is 9.97 Å². The van der Waals surface area contributed by atoms with Crippen molar-refractivity contribution in [2.75, 3.05) is 27.3 Å². The lowest BCUT2D eigenvalue weighted by Gasteiger charge is -2.37. The second kappa shape index (κ2) is 7.39. The molecule has 1 aromatic heterocycles. The van der Waals surface area contributed by atoms with Gasteiger partial charge >= 0.3 is 0 Å². The first-order valence-corrected chi connectivity index (χ1v) is 9.60. The molecule has 4 rings (SSSR count). The zero-order valence-corrected chi connectivity index (χ0v) is 16.8. The van der Waals surface area contributed by atoms with Crippen LogP contribution in [-0.2, 0) is 0 Å². The van der Waals surface area contributed by atoms with Crippen molar-refractivity contribution < 1.29 is 14.3 Å². The average molecular weight is 382 g/mol. The molecule has 0 spiro atoms. The van der Waals surface area contributed by atoms with E-state index in [9.17, 15) is 4.79 Å². The summed E-state index contributed by atoms with van der Waals surface area (Å²) >= 11 is 0. The van der Waals surface area contributed by atoms with Gasteiger partial charge in [-0.05, 0) is 44.5 Å². The fraction of sp³-hybridized carbons (Fsp3) is 0.476. The summed E-state index contributed by atoms with van der Waals surface area (Å²) in [6.07, 6.45) is 2.74. The van der Waals surface area contributed by atoms with Crippen LogP contribution in [0, 0.1) is 6.92 Å². The van der Waals surface area contributed by atoms with Gasteiger partial charge in [0.05, 0.1) is 32.2 Å². The minimum absolute atomic E-state index is 0.0963. The van der Waals surface area contributed by atoms with Crippen LogP contribution >= 0.6 is 0 Å². The van der Waals surface area contributed by atoms with Gasteiger partial charge in [0, 0.05) is 30.7 Å². The molecule has 0 unspecified atom stereocenters. The number of carbonyl (C=O) groups excluding carboxylic acids is 1. The third-order valence-electron chi connectivity index (χ3n) is 5.92. The number of aryl methyl sites for hydroxylation is 1. The molecule has 28 heavy (non-hydrogen) atoms. The number of fused-ring (bicyclic) bond motifs is 2. The van der Waals surface area contributed by atoms with Crippen molar-refractivity contribution in [1.29, 1.82) is 0 Å². The summed E-state index contributed by atoms with van der Waals surface area (Å²) in [5, 5.41) is 0. The van der Waals surface area contributed by atoms with E-state index >= 15 is 0 Å². The van der Waals surface area contributed by atoms with E-state index in [1.807, 2.05) is 36.1 Å². The van der Waals surface area contributed by atoms with E-state index in [2.05, 4.69) is 21.8 Å². The van der Waals surface area contributed by atoms with Crippen LogP contribution in [0.2, 0.25) is 0 Å². The van der Waals surface area contributed by atoms with E-state index in [4.69, 9.17) is 9.47 Å². The monoisotopic (exact) mass is 382 g/mol. The smallest absolute Gasteiger partial charge is 0.254 e. The molecule has 2 aliphatic rings. The SMILES string of the molecule is COc1ccc(C(=O)N2C[C@@H]3C[C@H]2CN3[C@@H](C)c2ncc(OC)c(C)n2)cc1. The molecule has 1 amide bonds. The summed E-state index contributed by atoms with van der Waals surface area (Å²) in [7, 11) is 3.25. The number of carbonyl (C=O) groups is 1.